The number of pyridine rings is 1. The number of anilines is 1. The van der Waals surface area contributed by atoms with Gasteiger partial charge in [-0.3, -0.25) is 9.78 Å². The van der Waals surface area contributed by atoms with Crippen molar-refractivity contribution in [1.29, 1.82) is 0 Å². The van der Waals surface area contributed by atoms with E-state index < -0.39 is 0 Å². The Morgan fingerprint density at radius 2 is 1.93 bits per heavy atom. The number of nitrogens with zero attached hydrogens (tertiary/aromatic N) is 3. The van der Waals surface area contributed by atoms with Gasteiger partial charge < -0.3 is 9.88 Å². The van der Waals surface area contributed by atoms with Crippen LogP contribution in [0.15, 0.2) is 60.8 Å². The molecule has 0 aliphatic heterocycles. The molecule has 0 atom stereocenters. The van der Waals surface area contributed by atoms with E-state index >= 15 is 0 Å². The van der Waals surface area contributed by atoms with Gasteiger partial charge in [-0.25, -0.2) is 4.98 Å². The third-order valence-corrected chi connectivity index (χ3v) is 4.70. The number of benzene rings is 2. The largest absolute Gasteiger partial charge is 0.323 e. The molecule has 1 amide bonds. The maximum Gasteiger partial charge on any atom is 0.244 e. The fraction of sp³-hybridized carbons (Fsp3) is 0.227. The molecule has 0 bridgehead atoms. The smallest absolute Gasteiger partial charge is 0.244 e. The van der Waals surface area contributed by atoms with Gasteiger partial charge in [0.1, 0.15) is 12.4 Å². The number of aromatic nitrogens is 3. The molecular formula is C22H22N4O. The van der Waals surface area contributed by atoms with Gasteiger partial charge in [0, 0.05) is 18.0 Å². The number of amides is 1. The van der Waals surface area contributed by atoms with Gasteiger partial charge in [0.2, 0.25) is 5.91 Å². The molecule has 27 heavy (non-hydrogen) atoms. The van der Waals surface area contributed by atoms with Crippen LogP contribution in [0.2, 0.25) is 0 Å². The number of carbonyl (C=O) groups is 1. The van der Waals surface area contributed by atoms with E-state index in [1.165, 1.54) is 0 Å². The molecule has 4 aromatic rings. The quantitative estimate of drug-likeness (QED) is 0.549. The molecule has 136 valence electrons. The van der Waals surface area contributed by atoms with Crippen LogP contribution in [0.1, 0.15) is 25.6 Å². The molecular weight excluding hydrogens is 336 g/mol. The summed E-state index contributed by atoms with van der Waals surface area (Å²) in [4.78, 5) is 21.9. The zero-order chi connectivity index (χ0) is 18.6. The Morgan fingerprint density at radius 3 is 2.81 bits per heavy atom. The highest BCUT2D eigenvalue weighted by molar-refractivity contribution is 6.00. The standard InChI is InChI=1S/C22H22N4O/c1-2-3-13-20-24-17-10-4-5-12-19(17)26(20)15-21(27)25-18-11-6-8-16-9-7-14-23-22(16)18/h4-12,14H,2-3,13,15H2,1H3,(H,25,27). The van der Waals surface area contributed by atoms with Crippen LogP contribution >= 0.6 is 0 Å². The Labute approximate surface area is 158 Å². The van der Waals surface area contributed by atoms with Crippen molar-refractivity contribution >= 4 is 33.5 Å². The number of carbonyl (C=O) groups excluding carboxylic acids is 1. The third kappa shape index (κ3) is 3.53. The van der Waals surface area contributed by atoms with Gasteiger partial charge in [0.25, 0.3) is 0 Å². The van der Waals surface area contributed by atoms with Crippen LogP contribution in [0.3, 0.4) is 0 Å². The molecule has 0 radical (unpaired) electrons. The van der Waals surface area contributed by atoms with Crippen molar-refractivity contribution in [3.05, 3.63) is 66.6 Å². The molecule has 0 saturated carbocycles. The first kappa shape index (κ1) is 17.2. The van der Waals surface area contributed by atoms with Gasteiger partial charge in [0.05, 0.1) is 22.2 Å². The average Bonchev–Trinajstić information content (AvgIpc) is 3.04. The molecule has 5 nitrogen and oxygen atoms in total. The molecule has 5 heteroatoms. The van der Waals surface area contributed by atoms with Crippen molar-refractivity contribution in [3.8, 4) is 0 Å². The highest BCUT2D eigenvalue weighted by atomic mass is 16.1. The van der Waals surface area contributed by atoms with Crippen LogP contribution in [0.25, 0.3) is 21.9 Å². The first-order valence-corrected chi connectivity index (χ1v) is 9.34. The summed E-state index contributed by atoms with van der Waals surface area (Å²) < 4.78 is 2.03. The van der Waals surface area contributed by atoms with Crippen LogP contribution < -0.4 is 5.32 Å². The third-order valence-electron chi connectivity index (χ3n) is 4.70. The Bertz CT molecular complexity index is 1090. The summed E-state index contributed by atoms with van der Waals surface area (Å²) in [5, 5.41) is 4.03. The SMILES string of the molecule is CCCCc1nc2ccccc2n1CC(=O)Nc1cccc2cccnc12. The Morgan fingerprint density at radius 1 is 1.07 bits per heavy atom. The lowest BCUT2D eigenvalue weighted by Crippen LogP contribution is -2.20. The molecule has 2 aromatic carbocycles. The number of hydrogen-bond acceptors (Lipinski definition) is 3. The van der Waals surface area contributed by atoms with Gasteiger partial charge in [-0.15, -0.1) is 0 Å². The fourth-order valence-electron chi connectivity index (χ4n) is 3.37. The summed E-state index contributed by atoms with van der Waals surface area (Å²) in [6.45, 7) is 2.40. The number of aryl methyl sites for hydroxylation is 1. The monoisotopic (exact) mass is 358 g/mol. The van der Waals surface area contributed by atoms with Crippen LogP contribution in [0.5, 0.6) is 0 Å². The summed E-state index contributed by atoms with van der Waals surface area (Å²) in [5.74, 6) is 0.887. The number of para-hydroxylation sites is 3. The lowest BCUT2D eigenvalue weighted by atomic mass is 10.2. The topological polar surface area (TPSA) is 59.8 Å². The van der Waals surface area contributed by atoms with E-state index in [2.05, 4.69) is 17.2 Å². The van der Waals surface area contributed by atoms with E-state index in [0.29, 0.717) is 0 Å². The number of fused-ring (bicyclic) bond motifs is 2. The number of nitrogens with one attached hydrogen (secondary N) is 1. The molecule has 0 fully saturated rings. The maximum atomic E-state index is 12.8. The van der Waals surface area contributed by atoms with Crippen molar-refractivity contribution in [2.75, 3.05) is 5.32 Å². The van der Waals surface area contributed by atoms with Gasteiger partial charge in [-0.2, -0.15) is 0 Å². The number of hydrogen-bond donors (Lipinski definition) is 1. The first-order valence-electron chi connectivity index (χ1n) is 9.34. The van der Waals surface area contributed by atoms with E-state index in [1.807, 2.05) is 59.2 Å². The van der Waals surface area contributed by atoms with Crippen LogP contribution in [0.4, 0.5) is 5.69 Å². The predicted octanol–water partition coefficient (Wildman–Crippen LogP) is 4.57. The second-order valence-electron chi connectivity index (χ2n) is 6.64. The zero-order valence-corrected chi connectivity index (χ0v) is 15.4. The zero-order valence-electron chi connectivity index (χ0n) is 15.4. The number of unbranched alkanes of at least 4 members (excludes halogenated alkanes) is 1. The number of imidazole rings is 1. The van der Waals surface area contributed by atoms with Gasteiger partial charge >= 0.3 is 0 Å². The minimum atomic E-state index is -0.0749. The maximum absolute atomic E-state index is 12.8. The van der Waals surface area contributed by atoms with Crippen molar-refractivity contribution < 1.29 is 4.79 Å². The van der Waals surface area contributed by atoms with E-state index in [-0.39, 0.29) is 12.5 Å². The molecule has 0 saturated heterocycles. The number of rotatable bonds is 6. The van der Waals surface area contributed by atoms with Crippen molar-refractivity contribution in [1.82, 2.24) is 14.5 Å². The van der Waals surface area contributed by atoms with E-state index in [4.69, 9.17) is 4.98 Å². The molecule has 4 rings (SSSR count). The molecule has 2 heterocycles. The minimum absolute atomic E-state index is 0.0749. The molecule has 0 unspecified atom stereocenters. The van der Waals surface area contributed by atoms with E-state index in [0.717, 1.165) is 52.7 Å². The van der Waals surface area contributed by atoms with Crippen LogP contribution in [-0.4, -0.2) is 20.4 Å². The summed E-state index contributed by atoms with van der Waals surface area (Å²) >= 11 is 0. The molecule has 2 aromatic heterocycles. The molecule has 0 aliphatic carbocycles. The Balaban J connectivity index is 1.62. The predicted molar refractivity (Wildman–Crippen MR) is 109 cm³/mol. The molecule has 1 N–H and O–H groups in total. The summed E-state index contributed by atoms with van der Waals surface area (Å²) in [5.41, 5.74) is 3.46. The molecule has 0 spiro atoms. The normalized spacial score (nSPS) is 11.1. The van der Waals surface area contributed by atoms with Gasteiger partial charge in [-0.1, -0.05) is 43.7 Å². The second kappa shape index (κ2) is 7.58. The van der Waals surface area contributed by atoms with Crippen molar-refractivity contribution in [2.24, 2.45) is 0 Å². The summed E-state index contributed by atoms with van der Waals surface area (Å²) in [6.07, 6.45) is 4.76. The van der Waals surface area contributed by atoms with Crippen molar-refractivity contribution in [3.63, 3.8) is 0 Å². The Hall–Kier alpha value is -3.21. The second-order valence-corrected chi connectivity index (χ2v) is 6.64. The minimum Gasteiger partial charge on any atom is -0.323 e. The average molecular weight is 358 g/mol. The highest BCUT2D eigenvalue weighted by Gasteiger charge is 2.14. The van der Waals surface area contributed by atoms with Gasteiger partial charge in [0.15, 0.2) is 0 Å². The first-order chi connectivity index (χ1) is 13.3. The van der Waals surface area contributed by atoms with Crippen LogP contribution in [0, 0.1) is 0 Å². The van der Waals surface area contributed by atoms with E-state index in [9.17, 15) is 4.79 Å². The molecule has 0 aliphatic rings. The van der Waals surface area contributed by atoms with Crippen LogP contribution in [-0.2, 0) is 17.8 Å². The lowest BCUT2D eigenvalue weighted by molar-refractivity contribution is -0.116. The van der Waals surface area contributed by atoms with Gasteiger partial charge in [-0.05, 0) is 30.7 Å². The summed E-state index contributed by atoms with van der Waals surface area (Å²) in [6, 6.07) is 17.7. The summed E-state index contributed by atoms with van der Waals surface area (Å²) in [7, 11) is 0. The van der Waals surface area contributed by atoms with Crippen molar-refractivity contribution in [2.45, 2.75) is 32.7 Å². The Kier molecular flexibility index (Phi) is 4.83. The van der Waals surface area contributed by atoms with E-state index in [1.54, 1.807) is 6.20 Å². The fourth-order valence-corrected chi connectivity index (χ4v) is 3.37. The highest BCUT2D eigenvalue weighted by Crippen LogP contribution is 2.22. The lowest BCUT2D eigenvalue weighted by Gasteiger charge is -2.11.